The monoisotopic (exact) mass is 1070 g/mol. The highest BCUT2D eigenvalue weighted by Crippen LogP contribution is 2.47. The van der Waals surface area contributed by atoms with E-state index in [0.717, 1.165) is 145 Å². The molecule has 0 bridgehead atoms. The molecule has 3 aromatic heterocycles. The molecule has 84 heavy (non-hydrogen) atoms. The lowest BCUT2D eigenvalue weighted by Crippen LogP contribution is -1.96. The summed E-state index contributed by atoms with van der Waals surface area (Å²) >= 11 is 0. The molecule has 0 saturated carbocycles. The van der Waals surface area contributed by atoms with Gasteiger partial charge in [0.1, 0.15) is 0 Å². The normalized spacial score (nSPS) is 11.1. The van der Waals surface area contributed by atoms with Crippen LogP contribution in [0.15, 0.2) is 334 Å². The van der Waals surface area contributed by atoms with E-state index in [0.29, 0.717) is 0 Å². The van der Waals surface area contributed by atoms with E-state index in [1.165, 1.54) is 0 Å². The Morgan fingerprint density at radius 2 is 0.417 bits per heavy atom. The molecule has 0 aliphatic carbocycles. The van der Waals surface area contributed by atoms with Gasteiger partial charge in [-0.2, -0.15) is 0 Å². The molecule has 14 aromatic rings. The van der Waals surface area contributed by atoms with Gasteiger partial charge in [0.15, 0.2) is 0 Å². The van der Waals surface area contributed by atoms with Crippen molar-refractivity contribution in [1.82, 2.24) is 15.0 Å². The predicted octanol–water partition coefficient (Wildman–Crippen LogP) is 21.5. The Bertz CT molecular complexity index is 4380. The van der Waals surface area contributed by atoms with Crippen LogP contribution in [0, 0.1) is 0 Å². The van der Waals surface area contributed by atoms with Crippen molar-refractivity contribution in [2.75, 3.05) is 0 Å². The van der Waals surface area contributed by atoms with Gasteiger partial charge in [-0.25, -0.2) is 0 Å². The van der Waals surface area contributed by atoms with E-state index in [4.69, 9.17) is 15.0 Å². The van der Waals surface area contributed by atoms with Crippen LogP contribution in [0.5, 0.6) is 0 Å². The van der Waals surface area contributed by atoms with E-state index in [2.05, 4.69) is 310 Å². The molecule has 0 amide bonds. The van der Waals surface area contributed by atoms with Crippen molar-refractivity contribution in [3.8, 4) is 145 Å². The summed E-state index contributed by atoms with van der Waals surface area (Å²) < 4.78 is 0. The molecule has 0 N–H and O–H groups in total. The number of pyridine rings is 3. The lowest BCUT2D eigenvalue weighted by Gasteiger charge is -2.20. The van der Waals surface area contributed by atoms with Crippen molar-refractivity contribution in [3.63, 3.8) is 0 Å². The van der Waals surface area contributed by atoms with Gasteiger partial charge in [-0.05, 0) is 149 Å². The van der Waals surface area contributed by atoms with E-state index in [-0.39, 0.29) is 0 Å². The van der Waals surface area contributed by atoms with Gasteiger partial charge in [0.05, 0.1) is 17.1 Å². The first-order valence-electron chi connectivity index (χ1n) is 28.5. The van der Waals surface area contributed by atoms with Crippen molar-refractivity contribution in [3.05, 3.63) is 334 Å². The van der Waals surface area contributed by atoms with Gasteiger partial charge < -0.3 is 0 Å². The molecule has 0 atom stereocenters. The summed E-state index contributed by atoms with van der Waals surface area (Å²) in [5, 5.41) is 0. The molecule has 3 nitrogen and oxygen atoms in total. The van der Waals surface area contributed by atoms with Crippen molar-refractivity contribution in [2.24, 2.45) is 0 Å². The number of aromatic nitrogens is 3. The zero-order valence-electron chi connectivity index (χ0n) is 46.1. The highest BCUT2D eigenvalue weighted by Gasteiger charge is 2.21. The van der Waals surface area contributed by atoms with Gasteiger partial charge in [-0.1, -0.05) is 261 Å². The van der Waals surface area contributed by atoms with Gasteiger partial charge >= 0.3 is 0 Å². The maximum absolute atomic E-state index is 5.27. The third-order valence-corrected chi connectivity index (χ3v) is 15.9. The highest BCUT2D eigenvalue weighted by molar-refractivity contribution is 5.99. The minimum Gasteiger partial charge on any atom is -0.256 e. The third-order valence-electron chi connectivity index (χ3n) is 15.9. The first-order valence-corrected chi connectivity index (χ1v) is 28.5. The molecule has 0 fully saturated rings. The van der Waals surface area contributed by atoms with Gasteiger partial charge in [0.2, 0.25) is 0 Å². The zero-order chi connectivity index (χ0) is 56.0. The van der Waals surface area contributed by atoms with Crippen LogP contribution in [0.1, 0.15) is 0 Å². The molecule has 0 unspecified atom stereocenters. The summed E-state index contributed by atoms with van der Waals surface area (Å²) in [6.45, 7) is 0. The van der Waals surface area contributed by atoms with Crippen LogP contribution >= 0.6 is 0 Å². The fraction of sp³-hybridized carbons (Fsp3) is 0. The number of nitrogens with zero attached hydrogens (tertiary/aromatic N) is 3. The zero-order valence-corrected chi connectivity index (χ0v) is 46.1. The molecule has 0 radical (unpaired) electrons. The predicted molar refractivity (Wildman–Crippen MR) is 350 cm³/mol. The van der Waals surface area contributed by atoms with Crippen LogP contribution < -0.4 is 0 Å². The fourth-order valence-corrected chi connectivity index (χ4v) is 11.6. The highest BCUT2D eigenvalue weighted by atomic mass is 14.7. The molecule has 394 valence electrons. The molecule has 0 aliphatic heterocycles. The number of hydrogen-bond acceptors (Lipinski definition) is 3. The lowest BCUT2D eigenvalue weighted by atomic mass is 9.83. The second-order valence-corrected chi connectivity index (χ2v) is 21.1. The molecule has 3 heteroatoms. The first kappa shape index (κ1) is 51.0. The summed E-state index contributed by atoms with van der Waals surface area (Å²) in [6, 6.07) is 113. The Morgan fingerprint density at radius 3 is 0.774 bits per heavy atom. The molecule has 3 heterocycles. The van der Waals surface area contributed by atoms with Crippen LogP contribution in [0.25, 0.3) is 145 Å². The van der Waals surface area contributed by atoms with E-state index >= 15 is 0 Å². The summed E-state index contributed by atoms with van der Waals surface area (Å²) in [6.07, 6.45) is 6.15. The third kappa shape index (κ3) is 10.6. The smallest absolute Gasteiger partial charge is 0.0708 e. The minimum absolute atomic E-state index is 0.916. The Labute approximate surface area is 491 Å². The standard InChI is InChI=1S/C81H55N3/c1-8-22-56(23-9-1)63-36-41-71(74(49-63)66-39-44-79(82-53-66)60-30-16-5-17-31-60)68-46-69(72-42-37-64(57-24-10-2-11-25-57)50-75(72)67-40-45-80(83-54-67)61-32-18-6-19-33-61)48-70(47-68)73-43-38-65(58-26-12-3-13-27-58)51-77(73)78-55-84-81(62-34-20-7-21-35-62)52-76(78)59-28-14-4-15-29-59/h1-55H. The van der Waals surface area contributed by atoms with E-state index in [1.807, 2.05) is 24.5 Å². The van der Waals surface area contributed by atoms with Gasteiger partial charge in [0, 0.05) is 52.0 Å². The van der Waals surface area contributed by atoms with Gasteiger partial charge in [-0.15, -0.1) is 0 Å². The molecule has 0 aliphatic rings. The van der Waals surface area contributed by atoms with Crippen molar-refractivity contribution in [1.29, 1.82) is 0 Å². The Balaban J connectivity index is 1.04. The van der Waals surface area contributed by atoms with Crippen LogP contribution in [0.4, 0.5) is 0 Å². The molecule has 0 spiro atoms. The van der Waals surface area contributed by atoms with Crippen LogP contribution in [0.2, 0.25) is 0 Å². The van der Waals surface area contributed by atoms with Crippen molar-refractivity contribution in [2.45, 2.75) is 0 Å². The Hall–Kier alpha value is -11.1. The summed E-state index contributed by atoms with van der Waals surface area (Å²) in [4.78, 5) is 15.5. The summed E-state index contributed by atoms with van der Waals surface area (Å²) in [5.41, 5.74) is 27.8. The maximum atomic E-state index is 5.27. The van der Waals surface area contributed by atoms with E-state index in [9.17, 15) is 0 Å². The quantitative estimate of drug-likeness (QED) is 0.115. The Kier molecular flexibility index (Phi) is 14.1. The maximum Gasteiger partial charge on any atom is 0.0708 e. The topological polar surface area (TPSA) is 38.7 Å². The van der Waals surface area contributed by atoms with Gasteiger partial charge in [-0.3, -0.25) is 15.0 Å². The Morgan fingerprint density at radius 1 is 0.131 bits per heavy atom. The molecule has 11 aromatic carbocycles. The average molecular weight is 1070 g/mol. The van der Waals surface area contributed by atoms with Crippen LogP contribution in [-0.2, 0) is 0 Å². The number of hydrogen-bond donors (Lipinski definition) is 0. The van der Waals surface area contributed by atoms with Crippen LogP contribution in [0.3, 0.4) is 0 Å². The number of rotatable bonds is 13. The molecule has 0 saturated heterocycles. The SMILES string of the molecule is c1ccc(-c2ccc(-c3cc(-c4ccc(-c5ccccc5)cc4-c4ccc(-c5ccccc5)nc4)cc(-c4ccc(-c5ccccc5)cc4-c4cnc(-c5ccccc5)cc4-c4ccccc4)c3)c(-c3ccc(-c4ccccc4)nc3)c2)cc1. The number of benzene rings is 11. The lowest BCUT2D eigenvalue weighted by molar-refractivity contribution is 1.32. The minimum atomic E-state index is 0.916. The van der Waals surface area contributed by atoms with Crippen LogP contribution in [-0.4, -0.2) is 15.0 Å². The van der Waals surface area contributed by atoms with E-state index < -0.39 is 0 Å². The average Bonchev–Trinajstić information content (AvgIpc) is 2.03. The van der Waals surface area contributed by atoms with E-state index in [1.54, 1.807) is 0 Å². The summed E-state index contributed by atoms with van der Waals surface area (Å²) in [7, 11) is 0. The second-order valence-electron chi connectivity index (χ2n) is 21.1. The molecule has 14 rings (SSSR count). The fourth-order valence-electron chi connectivity index (χ4n) is 11.6. The van der Waals surface area contributed by atoms with Crippen molar-refractivity contribution >= 4 is 0 Å². The van der Waals surface area contributed by atoms with Gasteiger partial charge in [0.25, 0.3) is 0 Å². The largest absolute Gasteiger partial charge is 0.256 e. The summed E-state index contributed by atoms with van der Waals surface area (Å²) in [5.74, 6) is 0. The first-order chi connectivity index (χ1) is 41.6. The second kappa shape index (κ2) is 23.2. The molecular formula is C81H55N3. The van der Waals surface area contributed by atoms with Crippen molar-refractivity contribution < 1.29 is 0 Å². The molecular weight excluding hydrogens is 1010 g/mol.